The van der Waals surface area contributed by atoms with Crippen LogP contribution in [0.1, 0.15) is 21.7 Å². The van der Waals surface area contributed by atoms with Crippen LogP contribution in [-0.4, -0.2) is 43.1 Å². The highest BCUT2D eigenvalue weighted by molar-refractivity contribution is 6.06. The van der Waals surface area contributed by atoms with Gasteiger partial charge in [-0.2, -0.15) is 5.10 Å². The van der Waals surface area contributed by atoms with Crippen LogP contribution in [0.3, 0.4) is 0 Å². The summed E-state index contributed by atoms with van der Waals surface area (Å²) >= 11 is 0. The third-order valence-electron chi connectivity index (χ3n) is 4.63. The first-order valence-corrected chi connectivity index (χ1v) is 9.38. The molecule has 0 unspecified atom stereocenters. The van der Waals surface area contributed by atoms with Crippen molar-refractivity contribution in [1.29, 1.82) is 0 Å². The number of anilines is 1. The Bertz CT molecular complexity index is 1270. The van der Waals surface area contributed by atoms with Crippen LogP contribution in [0.2, 0.25) is 0 Å². The first-order chi connectivity index (χ1) is 14.9. The normalized spacial score (nSPS) is 10.8. The van der Waals surface area contributed by atoms with Crippen LogP contribution >= 0.6 is 0 Å². The second-order valence-electron chi connectivity index (χ2n) is 6.83. The molecule has 2 amide bonds. The third-order valence-corrected chi connectivity index (χ3v) is 4.63. The van der Waals surface area contributed by atoms with Gasteiger partial charge in [-0.3, -0.25) is 9.59 Å². The molecule has 2 aromatic carbocycles. The van der Waals surface area contributed by atoms with Gasteiger partial charge in [-0.15, -0.1) is 0 Å². The summed E-state index contributed by atoms with van der Waals surface area (Å²) in [6.07, 6.45) is 2.99. The summed E-state index contributed by atoms with van der Waals surface area (Å²) < 4.78 is 15.6. The van der Waals surface area contributed by atoms with Crippen LogP contribution in [0.5, 0.6) is 0 Å². The number of aryl methyl sites for hydroxylation is 2. The van der Waals surface area contributed by atoms with Crippen molar-refractivity contribution >= 4 is 28.5 Å². The highest BCUT2D eigenvalue weighted by atomic mass is 19.1. The van der Waals surface area contributed by atoms with E-state index in [2.05, 4.69) is 30.7 Å². The van der Waals surface area contributed by atoms with Crippen molar-refractivity contribution in [3.05, 3.63) is 71.8 Å². The minimum atomic E-state index is -0.612. The fraction of sp³-hybridized carbons (Fsp3) is 0.143. The van der Waals surface area contributed by atoms with E-state index in [1.165, 1.54) is 12.4 Å². The maximum absolute atomic E-state index is 14.0. The molecule has 2 N–H and O–H groups in total. The third kappa shape index (κ3) is 4.37. The maximum Gasteiger partial charge on any atom is 0.254 e. The Morgan fingerprint density at radius 3 is 2.52 bits per heavy atom. The van der Waals surface area contributed by atoms with E-state index in [1.807, 2.05) is 0 Å². The lowest BCUT2D eigenvalue weighted by Crippen LogP contribution is -2.33. The standard InChI is InChI=1S/C21H18FN7O2/c1-12-13(2)27-20-17(7-14(22)8-18(20)26-12)21(31)24-9-19(30)28-15-3-5-16(6-4-15)29-11-23-10-25-29/h3-8,10-11H,9H2,1-2H3,(H,24,31)(H,28,30). The van der Waals surface area contributed by atoms with Gasteiger partial charge in [0.05, 0.1) is 34.7 Å². The maximum atomic E-state index is 14.0. The molecule has 156 valence electrons. The number of amides is 2. The van der Waals surface area contributed by atoms with Crippen molar-refractivity contribution in [2.75, 3.05) is 11.9 Å². The predicted molar refractivity (Wildman–Crippen MR) is 111 cm³/mol. The van der Waals surface area contributed by atoms with Crippen LogP contribution in [0.4, 0.5) is 10.1 Å². The highest BCUT2D eigenvalue weighted by Gasteiger charge is 2.16. The number of hydrogen-bond donors (Lipinski definition) is 2. The van der Waals surface area contributed by atoms with Crippen molar-refractivity contribution in [2.45, 2.75) is 13.8 Å². The van der Waals surface area contributed by atoms with E-state index in [4.69, 9.17) is 0 Å². The molecule has 2 aromatic heterocycles. The molecule has 0 aliphatic rings. The number of hydrogen-bond acceptors (Lipinski definition) is 6. The SMILES string of the molecule is Cc1nc2cc(F)cc(C(=O)NCC(=O)Nc3ccc(-n4cncn4)cc3)c2nc1C. The molecule has 0 saturated carbocycles. The molecule has 0 aliphatic heterocycles. The largest absolute Gasteiger partial charge is 0.343 e. The lowest BCUT2D eigenvalue weighted by Gasteiger charge is -2.10. The Balaban J connectivity index is 1.43. The van der Waals surface area contributed by atoms with E-state index >= 15 is 0 Å². The van der Waals surface area contributed by atoms with Crippen LogP contribution in [0, 0.1) is 19.7 Å². The van der Waals surface area contributed by atoms with E-state index in [0.29, 0.717) is 17.1 Å². The highest BCUT2D eigenvalue weighted by Crippen LogP contribution is 2.19. The number of halogens is 1. The minimum absolute atomic E-state index is 0.0237. The van der Waals surface area contributed by atoms with Crippen LogP contribution in [-0.2, 0) is 4.79 Å². The number of fused-ring (bicyclic) bond motifs is 1. The summed E-state index contributed by atoms with van der Waals surface area (Å²) in [5.41, 5.74) is 3.22. The quantitative estimate of drug-likeness (QED) is 0.513. The number of nitrogens with zero attached hydrogens (tertiary/aromatic N) is 5. The summed E-state index contributed by atoms with van der Waals surface area (Å²) in [6, 6.07) is 9.26. The lowest BCUT2D eigenvalue weighted by molar-refractivity contribution is -0.115. The van der Waals surface area contributed by atoms with Gasteiger partial charge in [-0.1, -0.05) is 0 Å². The summed E-state index contributed by atoms with van der Waals surface area (Å²) in [5, 5.41) is 9.21. The van der Waals surface area contributed by atoms with Crippen molar-refractivity contribution in [3.63, 3.8) is 0 Å². The molecule has 0 fully saturated rings. The van der Waals surface area contributed by atoms with Crippen LogP contribution < -0.4 is 10.6 Å². The van der Waals surface area contributed by atoms with Crippen LogP contribution in [0.25, 0.3) is 16.7 Å². The van der Waals surface area contributed by atoms with E-state index < -0.39 is 17.6 Å². The van der Waals surface area contributed by atoms with Crippen molar-refractivity contribution in [3.8, 4) is 5.69 Å². The topological polar surface area (TPSA) is 115 Å². The number of rotatable bonds is 5. The van der Waals surface area contributed by atoms with Crippen molar-refractivity contribution < 1.29 is 14.0 Å². The minimum Gasteiger partial charge on any atom is -0.343 e. The molecule has 4 aromatic rings. The van der Waals surface area contributed by atoms with Gasteiger partial charge >= 0.3 is 0 Å². The van der Waals surface area contributed by atoms with Gasteiger partial charge in [0.1, 0.15) is 24.0 Å². The Kier molecular flexibility index (Phi) is 5.35. The molecule has 0 saturated heterocycles. The molecule has 0 aliphatic carbocycles. The first kappa shape index (κ1) is 20.1. The van der Waals surface area contributed by atoms with Crippen LogP contribution in [0.15, 0.2) is 49.1 Å². The zero-order valence-electron chi connectivity index (χ0n) is 16.8. The number of nitrogens with one attached hydrogen (secondary N) is 2. The second-order valence-corrected chi connectivity index (χ2v) is 6.83. The summed E-state index contributed by atoms with van der Waals surface area (Å²) in [5.74, 6) is -1.65. The number of carbonyl (C=O) groups is 2. The van der Waals surface area contributed by atoms with Gasteiger partial charge < -0.3 is 10.6 Å². The van der Waals surface area contributed by atoms with E-state index in [1.54, 1.807) is 49.1 Å². The Morgan fingerprint density at radius 2 is 1.81 bits per heavy atom. The average molecular weight is 419 g/mol. The number of benzene rings is 2. The molecule has 9 nitrogen and oxygen atoms in total. The molecule has 4 rings (SSSR count). The first-order valence-electron chi connectivity index (χ1n) is 9.38. The molecule has 0 spiro atoms. The summed E-state index contributed by atoms with van der Waals surface area (Å²) in [7, 11) is 0. The molecule has 31 heavy (non-hydrogen) atoms. The molecular formula is C21H18FN7O2. The van der Waals surface area contributed by atoms with E-state index in [9.17, 15) is 14.0 Å². The Hall–Kier alpha value is -4.21. The zero-order chi connectivity index (χ0) is 22.0. The summed E-state index contributed by atoms with van der Waals surface area (Å²) in [6.45, 7) is 3.23. The van der Waals surface area contributed by atoms with Gasteiger partial charge in [-0.05, 0) is 44.2 Å². The summed E-state index contributed by atoms with van der Waals surface area (Å²) in [4.78, 5) is 37.4. The van der Waals surface area contributed by atoms with E-state index in [-0.39, 0.29) is 23.1 Å². The van der Waals surface area contributed by atoms with Gasteiger partial charge in [0, 0.05) is 11.8 Å². The number of aromatic nitrogens is 5. The Labute approximate surface area is 176 Å². The van der Waals surface area contributed by atoms with Gasteiger partial charge in [0.15, 0.2) is 0 Å². The fourth-order valence-corrected chi connectivity index (χ4v) is 2.97. The predicted octanol–water partition coefficient (Wildman–Crippen LogP) is 2.33. The van der Waals surface area contributed by atoms with Gasteiger partial charge in [0.25, 0.3) is 5.91 Å². The van der Waals surface area contributed by atoms with Crippen molar-refractivity contribution in [2.24, 2.45) is 0 Å². The van der Waals surface area contributed by atoms with E-state index in [0.717, 1.165) is 11.8 Å². The zero-order valence-corrected chi connectivity index (χ0v) is 16.8. The number of carbonyl (C=O) groups excluding carboxylic acids is 2. The second kappa shape index (κ2) is 8.27. The van der Waals surface area contributed by atoms with Gasteiger partial charge in [0.2, 0.25) is 5.91 Å². The van der Waals surface area contributed by atoms with Gasteiger partial charge in [-0.25, -0.2) is 24.0 Å². The lowest BCUT2D eigenvalue weighted by atomic mass is 10.1. The Morgan fingerprint density at radius 1 is 1.06 bits per heavy atom. The van der Waals surface area contributed by atoms with Crippen molar-refractivity contribution in [1.82, 2.24) is 30.0 Å². The molecular weight excluding hydrogens is 401 g/mol. The fourth-order valence-electron chi connectivity index (χ4n) is 2.97. The smallest absolute Gasteiger partial charge is 0.254 e. The average Bonchev–Trinajstić information content (AvgIpc) is 3.28. The molecule has 10 heteroatoms. The molecule has 0 atom stereocenters. The molecule has 2 heterocycles. The molecule has 0 radical (unpaired) electrons. The molecule has 0 bridgehead atoms. The monoisotopic (exact) mass is 419 g/mol.